The fourth-order valence-corrected chi connectivity index (χ4v) is 2.66. The Bertz CT molecular complexity index is 372. The van der Waals surface area contributed by atoms with Gasteiger partial charge in [0.25, 0.3) is 5.91 Å². The van der Waals surface area contributed by atoms with E-state index in [0.717, 1.165) is 0 Å². The van der Waals surface area contributed by atoms with Crippen molar-refractivity contribution in [2.45, 2.75) is 38.1 Å². The number of carboxylic acid groups (broad SMARTS) is 1. The normalized spacial score (nSPS) is 33.0. The zero-order chi connectivity index (χ0) is 12.6. The minimum absolute atomic E-state index is 0.200. The van der Waals surface area contributed by atoms with Crippen LogP contribution in [0.2, 0.25) is 0 Å². The van der Waals surface area contributed by atoms with Gasteiger partial charge in [-0.25, -0.2) is 4.79 Å². The predicted octanol–water partition coefficient (Wildman–Crippen LogP) is 0.572. The lowest BCUT2D eigenvalue weighted by atomic mass is 9.76. The topological polar surface area (TPSA) is 86.7 Å². The fourth-order valence-electron chi connectivity index (χ4n) is 2.66. The molecule has 1 aliphatic heterocycles. The summed E-state index contributed by atoms with van der Waals surface area (Å²) in [6.45, 7) is 2.11. The molecule has 1 spiro atoms. The average molecular weight is 240 g/mol. The number of carbonyl (C=O) groups excluding carboxylic acids is 2. The second-order valence-electron chi connectivity index (χ2n) is 4.67. The first-order valence-electron chi connectivity index (χ1n) is 5.87. The molecule has 2 N–H and O–H groups in total. The molecule has 0 bridgehead atoms. The van der Waals surface area contributed by atoms with Gasteiger partial charge in [-0.3, -0.25) is 14.5 Å². The Morgan fingerprint density at radius 1 is 1.47 bits per heavy atom. The molecule has 0 aromatic rings. The Hall–Kier alpha value is -1.59. The maximum absolute atomic E-state index is 12.1. The van der Waals surface area contributed by atoms with Gasteiger partial charge < -0.3 is 10.4 Å². The highest BCUT2D eigenvalue weighted by Crippen LogP contribution is 2.36. The number of amides is 3. The van der Waals surface area contributed by atoms with Gasteiger partial charge in [0.1, 0.15) is 5.54 Å². The van der Waals surface area contributed by atoms with Crippen molar-refractivity contribution < 1.29 is 19.5 Å². The van der Waals surface area contributed by atoms with Gasteiger partial charge >= 0.3 is 12.0 Å². The van der Waals surface area contributed by atoms with Gasteiger partial charge in [0, 0.05) is 6.54 Å². The highest BCUT2D eigenvalue weighted by atomic mass is 16.4. The number of likely N-dealkylation sites (N-methyl/N-ethyl adjacent to an activating group) is 1. The van der Waals surface area contributed by atoms with E-state index in [1.54, 1.807) is 6.92 Å². The van der Waals surface area contributed by atoms with Crippen LogP contribution in [0, 0.1) is 5.92 Å². The number of urea groups is 1. The second-order valence-corrected chi connectivity index (χ2v) is 4.67. The molecule has 2 rings (SSSR count). The molecule has 1 aliphatic carbocycles. The number of hydrogen-bond acceptors (Lipinski definition) is 3. The summed E-state index contributed by atoms with van der Waals surface area (Å²) in [6.07, 6.45) is 1.73. The Kier molecular flexibility index (Phi) is 2.81. The van der Waals surface area contributed by atoms with Crippen molar-refractivity contribution in [3.05, 3.63) is 0 Å². The molecule has 1 heterocycles. The SMILES string of the molecule is CCN1C(=O)NC2(CCC(C(=O)O)CC2)C1=O. The summed E-state index contributed by atoms with van der Waals surface area (Å²) in [4.78, 5) is 35.7. The Labute approximate surface area is 99.0 Å². The lowest BCUT2D eigenvalue weighted by Gasteiger charge is -2.33. The van der Waals surface area contributed by atoms with Crippen molar-refractivity contribution in [1.82, 2.24) is 10.2 Å². The zero-order valence-electron chi connectivity index (χ0n) is 9.73. The summed E-state index contributed by atoms with van der Waals surface area (Å²) in [5.74, 6) is -1.40. The van der Waals surface area contributed by atoms with E-state index in [2.05, 4.69) is 5.32 Å². The Balaban J connectivity index is 2.11. The third-order valence-corrected chi connectivity index (χ3v) is 3.75. The van der Waals surface area contributed by atoms with Crippen LogP contribution in [0.4, 0.5) is 4.79 Å². The molecule has 1 saturated carbocycles. The molecule has 2 aliphatic rings. The number of hydrogen-bond donors (Lipinski definition) is 2. The third kappa shape index (κ3) is 1.77. The van der Waals surface area contributed by atoms with Crippen molar-refractivity contribution in [3.63, 3.8) is 0 Å². The molecule has 17 heavy (non-hydrogen) atoms. The Morgan fingerprint density at radius 2 is 2.06 bits per heavy atom. The molecular formula is C11H16N2O4. The van der Waals surface area contributed by atoms with Crippen LogP contribution in [0.25, 0.3) is 0 Å². The number of rotatable bonds is 2. The smallest absolute Gasteiger partial charge is 0.325 e. The quantitative estimate of drug-likeness (QED) is 0.691. The molecule has 2 fully saturated rings. The molecular weight excluding hydrogens is 224 g/mol. The van der Waals surface area contributed by atoms with Crippen LogP contribution in [-0.2, 0) is 9.59 Å². The maximum atomic E-state index is 12.1. The van der Waals surface area contributed by atoms with Crippen molar-refractivity contribution >= 4 is 17.9 Å². The zero-order valence-corrected chi connectivity index (χ0v) is 9.73. The van der Waals surface area contributed by atoms with E-state index in [9.17, 15) is 14.4 Å². The molecule has 0 atom stereocenters. The summed E-state index contributed by atoms with van der Waals surface area (Å²) in [5, 5.41) is 11.6. The van der Waals surface area contributed by atoms with Crippen LogP contribution in [0.3, 0.4) is 0 Å². The van der Waals surface area contributed by atoms with Gasteiger partial charge in [-0.15, -0.1) is 0 Å². The average Bonchev–Trinajstić information content (AvgIpc) is 2.51. The lowest BCUT2D eigenvalue weighted by molar-refractivity contribution is -0.145. The molecule has 6 heteroatoms. The van der Waals surface area contributed by atoms with Crippen molar-refractivity contribution in [1.29, 1.82) is 0 Å². The minimum atomic E-state index is -0.834. The standard InChI is InChI=1S/C11H16N2O4/c1-2-13-9(16)11(12-10(13)17)5-3-7(4-6-11)8(14)15/h7H,2-6H2,1H3,(H,12,17)(H,14,15). The summed E-state index contributed by atoms with van der Waals surface area (Å²) >= 11 is 0. The van der Waals surface area contributed by atoms with E-state index in [1.807, 2.05) is 0 Å². The molecule has 0 aromatic heterocycles. The maximum Gasteiger partial charge on any atom is 0.325 e. The highest BCUT2D eigenvalue weighted by Gasteiger charge is 2.52. The van der Waals surface area contributed by atoms with E-state index >= 15 is 0 Å². The van der Waals surface area contributed by atoms with Crippen molar-refractivity contribution in [2.75, 3.05) is 6.54 Å². The number of carboxylic acids is 1. The van der Waals surface area contributed by atoms with Gasteiger partial charge in [0.15, 0.2) is 0 Å². The van der Waals surface area contributed by atoms with E-state index in [4.69, 9.17) is 5.11 Å². The third-order valence-electron chi connectivity index (χ3n) is 3.75. The van der Waals surface area contributed by atoms with Gasteiger partial charge in [0.2, 0.25) is 0 Å². The van der Waals surface area contributed by atoms with Crippen LogP contribution in [0.5, 0.6) is 0 Å². The monoisotopic (exact) mass is 240 g/mol. The van der Waals surface area contributed by atoms with E-state index < -0.39 is 11.5 Å². The molecule has 0 aromatic carbocycles. The lowest BCUT2D eigenvalue weighted by Crippen LogP contribution is -2.50. The van der Waals surface area contributed by atoms with Crippen molar-refractivity contribution in [2.24, 2.45) is 5.92 Å². The number of aliphatic carboxylic acids is 1. The molecule has 0 unspecified atom stereocenters. The fraction of sp³-hybridized carbons (Fsp3) is 0.727. The summed E-state index contributed by atoms with van der Waals surface area (Å²) in [6, 6.07) is -0.355. The van der Waals surface area contributed by atoms with Gasteiger partial charge in [-0.05, 0) is 32.6 Å². The molecule has 94 valence electrons. The number of imide groups is 1. The molecule has 1 saturated heterocycles. The van der Waals surface area contributed by atoms with E-state index in [0.29, 0.717) is 32.2 Å². The summed E-state index contributed by atoms with van der Waals surface area (Å²) < 4.78 is 0. The predicted molar refractivity (Wildman–Crippen MR) is 58.2 cm³/mol. The summed E-state index contributed by atoms with van der Waals surface area (Å²) in [7, 11) is 0. The first-order valence-corrected chi connectivity index (χ1v) is 5.87. The first kappa shape index (κ1) is 11.9. The van der Waals surface area contributed by atoms with Gasteiger partial charge in [0.05, 0.1) is 5.92 Å². The van der Waals surface area contributed by atoms with Crippen LogP contribution in [0.15, 0.2) is 0 Å². The Morgan fingerprint density at radius 3 is 2.47 bits per heavy atom. The minimum Gasteiger partial charge on any atom is -0.481 e. The van der Waals surface area contributed by atoms with Crippen molar-refractivity contribution in [3.8, 4) is 0 Å². The number of nitrogens with zero attached hydrogens (tertiary/aromatic N) is 1. The van der Waals surface area contributed by atoms with Crippen LogP contribution < -0.4 is 5.32 Å². The van der Waals surface area contributed by atoms with E-state index in [-0.39, 0.29) is 17.9 Å². The van der Waals surface area contributed by atoms with Crippen LogP contribution in [-0.4, -0.2) is 40.0 Å². The van der Waals surface area contributed by atoms with Gasteiger partial charge in [-0.1, -0.05) is 0 Å². The first-order chi connectivity index (χ1) is 8.00. The molecule has 6 nitrogen and oxygen atoms in total. The van der Waals surface area contributed by atoms with Gasteiger partial charge in [-0.2, -0.15) is 0 Å². The van der Waals surface area contributed by atoms with Crippen LogP contribution in [0.1, 0.15) is 32.6 Å². The number of carbonyl (C=O) groups is 3. The second kappa shape index (κ2) is 4.01. The van der Waals surface area contributed by atoms with Crippen LogP contribution >= 0.6 is 0 Å². The highest BCUT2D eigenvalue weighted by molar-refractivity contribution is 6.07. The van der Waals surface area contributed by atoms with E-state index in [1.165, 1.54) is 4.90 Å². The largest absolute Gasteiger partial charge is 0.481 e. The molecule has 3 amide bonds. The number of nitrogens with one attached hydrogen (secondary N) is 1. The molecule has 0 radical (unpaired) electrons. The summed E-state index contributed by atoms with van der Waals surface area (Å²) in [5.41, 5.74) is -0.834.